The topological polar surface area (TPSA) is 111 Å². The van der Waals surface area contributed by atoms with Gasteiger partial charge in [0.25, 0.3) is 0 Å². The molecule has 0 bridgehead atoms. The van der Waals surface area contributed by atoms with Crippen LogP contribution in [0.4, 0.5) is 0 Å². The van der Waals surface area contributed by atoms with Crippen molar-refractivity contribution in [2.75, 3.05) is 13.2 Å². The zero-order valence-electron chi connectivity index (χ0n) is 12.8. The van der Waals surface area contributed by atoms with Gasteiger partial charge in [-0.15, -0.1) is 0 Å². The molecule has 0 aliphatic carbocycles. The van der Waals surface area contributed by atoms with Gasteiger partial charge in [0.15, 0.2) is 11.1 Å². The Kier molecular flexibility index (Phi) is 7.26. The van der Waals surface area contributed by atoms with E-state index in [9.17, 15) is 4.79 Å². The smallest absolute Gasteiger partial charge is 0.330 e. The fourth-order valence-electron chi connectivity index (χ4n) is 0.693. The molecule has 1 heterocycles. The van der Waals surface area contributed by atoms with Crippen molar-refractivity contribution < 1.29 is 14.3 Å². The predicted molar refractivity (Wildman–Crippen MR) is 75.1 cm³/mol. The molecule has 1 saturated heterocycles. The minimum Gasteiger partial charge on any atom is -0.460 e. The van der Waals surface area contributed by atoms with Crippen molar-refractivity contribution in [1.82, 2.24) is 0 Å². The number of epoxide rings is 1. The number of carbonyl (C=O) groups is 1. The summed E-state index contributed by atoms with van der Waals surface area (Å²) in [6.45, 7) is 10.9. The average molecular weight is 292 g/mol. The molecule has 1 fully saturated rings. The number of nitrogens with zero attached hydrogens (tertiary/aromatic N) is 4. The highest BCUT2D eigenvalue weighted by Crippen LogP contribution is 2.13. The lowest BCUT2D eigenvalue weighted by molar-refractivity contribution is -0.138. The normalized spacial score (nSPS) is 17.0. The van der Waals surface area contributed by atoms with Crippen molar-refractivity contribution in [3.8, 4) is 12.1 Å². The van der Waals surface area contributed by atoms with Crippen molar-refractivity contribution in [1.29, 1.82) is 10.5 Å². The van der Waals surface area contributed by atoms with Gasteiger partial charge in [-0.2, -0.15) is 20.8 Å². The molecular formula is C14H20N4O3. The standard InChI is InChI=1S/C8H12N4.C6H8O3/c1-7(2,5-9)11-12-8(3,4)6-10;1-2-6(7)9-4-5-3-8-5/h1-4H3;2,5H,1,3-4H2. The van der Waals surface area contributed by atoms with E-state index < -0.39 is 11.1 Å². The third-order valence-electron chi connectivity index (χ3n) is 2.08. The third-order valence-corrected chi connectivity index (χ3v) is 2.08. The first-order chi connectivity index (χ1) is 9.65. The van der Waals surface area contributed by atoms with Crippen molar-refractivity contribution in [3.63, 3.8) is 0 Å². The fraction of sp³-hybridized carbons (Fsp3) is 0.643. The summed E-state index contributed by atoms with van der Waals surface area (Å²) in [5.74, 6) is -0.384. The minimum atomic E-state index is -0.839. The summed E-state index contributed by atoms with van der Waals surface area (Å²) < 4.78 is 9.42. The minimum absolute atomic E-state index is 0.147. The number of hydrogen-bond donors (Lipinski definition) is 0. The third kappa shape index (κ3) is 10.2. The van der Waals surface area contributed by atoms with Gasteiger partial charge in [-0.3, -0.25) is 0 Å². The SMILES string of the molecule is C=CC(=O)OCC1CO1.CC(C)(C#N)N=NC(C)(C)C#N. The van der Waals surface area contributed by atoms with E-state index in [0.29, 0.717) is 13.2 Å². The van der Waals surface area contributed by atoms with Crippen LogP contribution in [0.5, 0.6) is 0 Å². The first-order valence-electron chi connectivity index (χ1n) is 6.33. The molecule has 0 amide bonds. The van der Waals surface area contributed by atoms with Crippen molar-refractivity contribution in [3.05, 3.63) is 12.7 Å². The Morgan fingerprint density at radius 3 is 2.05 bits per heavy atom. The highest BCUT2D eigenvalue weighted by atomic mass is 16.6. The summed E-state index contributed by atoms with van der Waals surface area (Å²) in [6.07, 6.45) is 1.29. The van der Waals surface area contributed by atoms with Gasteiger partial charge in [0, 0.05) is 6.08 Å². The molecule has 0 N–H and O–H groups in total. The molecule has 7 heteroatoms. The Hall–Kier alpha value is -2.25. The summed E-state index contributed by atoms with van der Waals surface area (Å²) >= 11 is 0. The monoisotopic (exact) mass is 292 g/mol. The second kappa shape index (κ2) is 8.13. The van der Waals surface area contributed by atoms with E-state index in [1.54, 1.807) is 27.7 Å². The van der Waals surface area contributed by atoms with Gasteiger partial charge < -0.3 is 9.47 Å². The largest absolute Gasteiger partial charge is 0.460 e. The van der Waals surface area contributed by atoms with Gasteiger partial charge >= 0.3 is 5.97 Å². The number of esters is 1. The van der Waals surface area contributed by atoms with E-state index in [0.717, 1.165) is 6.08 Å². The lowest BCUT2D eigenvalue weighted by Crippen LogP contribution is -2.17. The Morgan fingerprint density at radius 2 is 1.76 bits per heavy atom. The zero-order chi connectivity index (χ0) is 16.5. The van der Waals surface area contributed by atoms with Crippen LogP contribution >= 0.6 is 0 Å². The van der Waals surface area contributed by atoms with Crippen LogP contribution in [0, 0.1) is 22.7 Å². The lowest BCUT2D eigenvalue weighted by atomic mass is 10.1. The lowest BCUT2D eigenvalue weighted by Gasteiger charge is -2.11. The molecular weight excluding hydrogens is 272 g/mol. The van der Waals surface area contributed by atoms with Gasteiger partial charge in [-0.1, -0.05) is 6.58 Å². The Balaban J connectivity index is 0.000000394. The molecule has 1 rings (SSSR count). The maximum absolute atomic E-state index is 10.3. The summed E-state index contributed by atoms with van der Waals surface area (Å²) in [7, 11) is 0. The quantitative estimate of drug-likeness (QED) is 0.333. The Morgan fingerprint density at radius 1 is 1.33 bits per heavy atom. The number of rotatable bonds is 5. The summed E-state index contributed by atoms with van der Waals surface area (Å²) in [6, 6.07) is 3.94. The molecule has 0 saturated carbocycles. The van der Waals surface area contributed by atoms with Crippen LogP contribution in [0.3, 0.4) is 0 Å². The first kappa shape index (κ1) is 18.8. The fourth-order valence-corrected chi connectivity index (χ4v) is 0.693. The molecule has 114 valence electrons. The van der Waals surface area contributed by atoms with Crippen molar-refractivity contribution in [2.45, 2.75) is 44.9 Å². The number of azo groups is 1. The van der Waals surface area contributed by atoms with Crippen LogP contribution in [0.25, 0.3) is 0 Å². The predicted octanol–water partition coefficient (Wildman–Crippen LogP) is 2.16. The van der Waals surface area contributed by atoms with E-state index in [1.807, 2.05) is 12.1 Å². The summed E-state index contributed by atoms with van der Waals surface area (Å²) in [5.41, 5.74) is -1.68. The van der Waals surface area contributed by atoms with Gasteiger partial charge in [-0.25, -0.2) is 4.79 Å². The summed E-state index contributed by atoms with van der Waals surface area (Å²) in [4.78, 5) is 10.3. The van der Waals surface area contributed by atoms with E-state index in [-0.39, 0.29) is 12.1 Å². The number of nitriles is 2. The van der Waals surface area contributed by atoms with Gasteiger partial charge in [0.1, 0.15) is 12.7 Å². The Labute approximate surface area is 124 Å². The highest BCUT2D eigenvalue weighted by molar-refractivity contribution is 5.81. The maximum Gasteiger partial charge on any atom is 0.330 e. The van der Waals surface area contributed by atoms with E-state index in [2.05, 4.69) is 21.5 Å². The molecule has 0 aromatic heterocycles. The molecule has 0 aromatic carbocycles. The molecule has 0 radical (unpaired) electrons. The second-order valence-electron chi connectivity index (χ2n) is 5.33. The number of carbonyl (C=O) groups excluding carboxylic acids is 1. The average Bonchev–Trinajstić information content (AvgIpc) is 3.28. The van der Waals surface area contributed by atoms with E-state index in [4.69, 9.17) is 15.3 Å². The van der Waals surface area contributed by atoms with Crippen LogP contribution in [0.1, 0.15) is 27.7 Å². The molecule has 7 nitrogen and oxygen atoms in total. The maximum atomic E-state index is 10.3. The van der Waals surface area contributed by atoms with Crippen LogP contribution < -0.4 is 0 Å². The second-order valence-corrected chi connectivity index (χ2v) is 5.33. The van der Waals surface area contributed by atoms with Crippen LogP contribution in [-0.2, 0) is 14.3 Å². The summed E-state index contributed by atoms with van der Waals surface area (Å²) in [5, 5.41) is 24.7. The van der Waals surface area contributed by atoms with Crippen LogP contribution in [-0.4, -0.2) is 36.4 Å². The van der Waals surface area contributed by atoms with Crippen LogP contribution in [0.2, 0.25) is 0 Å². The van der Waals surface area contributed by atoms with E-state index >= 15 is 0 Å². The number of ether oxygens (including phenoxy) is 2. The van der Waals surface area contributed by atoms with Crippen molar-refractivity contribution in [2.24, 2.45) is 10.2 Å². The molecule has 0 spiro atoms. The van der Waals surface area contributed by atoms with E-state index in [1.165, 1.54) is 0 Å². The molecule has 1 unspecified atom stereocenters. The van der Waals surface area contributed by atoms with Gasteiger partial charge in [0.05, 0.1) is 18.7 Å². The van der Waals surface area contributed by atoms with Crippen LogP contribution in [0.15, 0.2) is 22.9 Å². The number of hydrogen-bond acceptors (Lipinski definition) is 7. The molecule has 0 aromatic rings. The zero-order valence-corrected chi connectivity index (χ0v) is 12.8. The van der Waals surface area contributed by atoms with Crippen molar-refractivity contribution >= 4 is 5.97 Å². The van der Waals surface area contributed by atoms with Gasteiger partial charge in [0.2, 0.25) is 0 Å². The molecule has 21 heavy (non-hydrogen) atoms. The molecule has 1 aliphatic heterocycles. The first-order valence-corrected chi connectivity index (χ1v) is 6.33. The Bertz CT molecular complexity index is 451. The van der Waals surface area contributed by atoms with Gasteiger partial charge in [-0.05, 0) is 27.7 Å². The molecule has 1 aliphatic rings. The highest BCUT2D eigenvalue weighted by Gasteiger charge is 2.23. The molecule has 1 atom stereocenters.